The molecule has 2 fully saturated rings. The Morgan fingerprint density at radius 1 is 0.500 bits per heavy atom. The van der Waals surface area contributed by atoms with E-state index in [4.69, 9.17) is 23.7 Å². The van der Waals surface area contributed by atoms with E-state index in [0.717, 1.165) is 17.7 Å². The molecule has 9 aromatic rings. The van der Waals surface area contributed by atoms with Gasteiger partial charge in [-0.15, -0.1) is 0 Å². The van der Waals surface area contributed by atoms with Gasteiger partial charge < -0.3 is 55.2 Å². The summed E-state index contributed by atoms with van der Waals surface area (Å²) in [6.07, 6.45) is 6.47. The highest BCUT2D eigenvalue weighted by Crippen LogP contribution is 2.49. The molecule has 0 radical (unpaired) electrons. The number of aromatic nitrogens is 6. The van der Waals surface area contributed by atoms with E-state index in [0.29, 0.717) is 48.3 Å². The van der Waals surface area contributed by atoms with Crippen LogP contribution in [0, 0.1) is 34.1 Å². The van der Waals surface area contributed by atoms with Crippen molar-refractivity contribution in [3.05, 3.63) is 163 Å². The van der Waals surface area contributed by atoms with Crippen LogP contribution in [0.2, 0.25) is 0 Å². The number of hydrogen-bond acceptors (Lipinski definition) is 17. The molecule has 11 rings (SSSR count). The molecule has 21 nitrogen and oxygen atoms in total. The zero-order valence-electron chi connectivity index (χ0n) is 43.0. The fourth-order valence-corrected chi connectivity index (χ4v) is 8.13. The Balaban J connectivity index is 0.000000187. The number of amides is 4. The van der Waals surface area contributed by atoms with Gasteiger partial charge in [0.1, 0.15) is 45.9 Å². The smallest absolute Gasteiger partial charge is 0.257 e. The van der Waals surface area contributed by atoms with Gasteiger partial charge in [-0.2, -0.15) is 0 Å². The zero-order valence-corrected chi connectivity index (χ0v) is 43.0. The first-order valence-electron chi connectivity index (χ1n) is 24.7. The van der Waals surface area contributed by atoms with E-state index in [1.165, 1.54) is 106 Å². The Kier molecular flexibility index (Phi) is 15.3. The van der Waals surface area contributed by atoms with Crippen LogP contribution in [0.5, 0.6) is 52.3 Å². The number of fused-ring (bicyclic) bond motifs is 2. The largest absolute Gasteiger partial charge is 0.508 e. The van der Waals surface area contributed by atoms with E-state index in [1.54, 1.807) is 30.3 Å². The molecule has 4 amide bonds. The molecule has 6 aromatic heterocycles. The highest BCUT2D eigenvalue weighted by Gasteiger charge is 2.57. The number of phenols is 1. The SMILES string of the molecule is COc1nc2c(Oc3ncc(NC(=O)C4(C(=O)Nc5ccc(F)cc5)CC4)cc3F)ccnc2cc1O.COc1nc2c(Oc3ncc(NC(=O)C4(C(=O)Nc5ccc(F)cc5)CC4)cc3F)ccnc2cc1OCc1ccc(O)cc1. The van der Waals surface area contributed by atoms with Crippen molar-refractivity contribution >= 4 is 68.4 Å². The number of carbonyl (C=O) groups is 4. The highest BCUT2D eigenvalue weighted by molar-refractivity contribution is 6.17. The van der Waals surface area contributed by atoms with Crippen molar-refractivity contribution in [1.29, 1.82) is 0 Å². The standard InChI is InChI=1S/C32H25F2N5O6.C25H19F2N5O5/c1-43-29-26(44-17-18-2-8-22(40)9-3-18)15-24-27(39-29)25(10-13-35-24)45-28-23(34)14-21(16-36-28)38-31(42)32(11-12-32)30(41)37-20-6-4-19(33)5-7-20;1-36-22-18(33)11-17-20(32-22)19(6-9-28-17)37-21-16(27)10-15(12-29-21)31-24(35)25(7-8-25)23(34)30-14-4-2-13(26)3-5-14/h2-10,13-16,40H,11-12,17H2,1H3,(H,37,41)(H,38,42);2-6,9-12,33H,7-8H2,1H3,(H,30,34)(H,31,35). The van der Waals surface area contributed by atoms with Gasteiger partial charge in [-0.05, 0) is 91.9 Å². The van der Waals surface area contributed by atoms with Gasteiger partial charge in [-0.1, -0.05) is 12.1 Å². The molecule has 3 aromatic carbocycles. The quantitative estimate of drug-likeness (QED) is 0.0365. The second-order valence-corrected chi connectivity index (χ2v) is 18.5. The molecule has 2 aliphatic rings. The molecule has 6 N–H and O–H groups in total. The van der Waals surface area contributed by atoms with Gasteiger partial charge in [0.25, 0.3) is 23.5 Å². The van der Waals surface area contributed by atoms with Crippen LogP contribution < -0.4 is 45.0 Å². The van der Waals surface area contributed by atoms with E-state index in [9.17, 15) is 42.6 Å². The molecule has 416 valence electrons. The van der Waals surface area contributed by atoms with Crippen molar-refractivity contribution in [1.82, 2.24) is 29.9 Å². The van der Waals surface area contributed by atoms with Gasteiger partial charge in [0.15, 0.2) is 34.6 Å². The van der Waals surface area contributed by atoms with Gasteiger partial charge in [0, 0.05) is 60.2 Å². The Morgan fingerprint density at radius 2 is 0.927 bits per heavy atom. The summed E-state index contributed by atoms with van der Waals surface area (Å²) < 4.78 is 83.8. The molecule has 6 heterocycles. The fraction of sp³-hybridized carbons (Fsp3) is 0.158. The third kappa shape index (κ3) is 12.0. The fourth-order valence-electron chi connectivity index (χ4n) is 8.13. The maximum Gasteiger partial charge on any atom is 0.257 e. The van der Waals surface area contributed by atoms with Crippen LogP contribution in [0.4, 0.5) is 40.3 Å². The first-order valence-corrected chi connectivity index (χ1v) is 24.7. The van der Waals surface area contributed by atoms with E-state index in [-0.39, 0.29) is 75.2 Å². The van der Waals surface area contributed by atoms with Gasteiger partial charge in [0.05, 0.1) is 49.0 Å². The number of carbonyl (C=O) groups excluding carboxylic acids is 4. The summed E-state index contributed by atoms with van der Waals surface area (Å²) in [7, 11) is 2.75. The minimum Gasteiger partial charge on any atom is -0.508 e. The molecule has 0 aliphatic heterocycles. The number of nitrogens with one attached hydrogen (secondary N) is 4. The monoisotopic (exact) mass is 1120 g/mol. The van der Waals surface area contributed by atoms with E-state index < -0.39 is 63.6 Å². The lowest BCUT2D eigenvalue weighted by Crippen LogP contribution is -2.35. The third-order valence-corrected chi connectivity index (χ3v) is 12.9. The number of hydrogen-bond donors (Lipinski definition) is 6. The molecule has 25 heteroatoms. The molecular weight excluding hydrogens is 1080 g/mol. The van der Waals surface area contributed by atoms with Crippen LogP contribution in [0.1, 0.15) is 31.2 Å². The van der Waals surface area contributed by atoms with Crippen molar-refractivity contribution < 1.29 is 70.6 Å². The lowest BCUT2D eigenvalue weighted by Gasteiger charge is -2.16. The molecule has 2 saturated carbocycles. The lowest BCUT2D eigenvalue weighted by molar-refractivity contribution is -0.132. The molecule has 0 unspecified atom stereocenters. The second-order valence-electron chi connectivity index (χ2n) is 18.5. The summed E-state index contributed by atoms with van der Waals surface area (Å²) in [6.45, 7) is 0.179. The number of halogens is 4. The number of phenolic OH excluding ortho intramolecular Hbond substituents is 1. The van der Waals surface area contributed by atoms with E-state index in [2.05, 4.69) is 51.2 Å². The topological polar surface area (TPSA) is 280 Å². The van der Waals surface area contributed by atoms with Crippen LogP contribution in [0.25, 0.3) is 22.1 Å². The second kappa shape index (κ2) is 22.9. The van der Waals surface area contributed by atoms with Gasteiger partial charge >= 0.3 is 0 Å². The number of rotatable bonds is 17. The Bertz CT molecular complexity index is 3930. The first-order chi connectivity index (χ1) is 39.5. The van der Waals surface area contributed by atoms with Crippen LogP contribution >= 0.6 is 0 Å². The molecule has 0 spiro atoms. The number of benzene rings is 3. The minimum absolute atomic E-state index is 0.0278. The van der Waals surface area contributed by atoms with Crippen molar-refractivity contribution in [3.63, 3.8) is 0 Å². The van der Waals surface area contributed by atoms with Crippen LogP contribution in [0.3, 0.4) is 0 Å². The molecule has 2 aliphatic carbocycles. The predicted molar refractivity (Wildman–Crippen MR) is 285 cm³/mol. The summed E-state index contributed by atoms with van der Waals surface area (Å²) in [6, 6.07) is 24.8. The zero-order chi connectivity index (χ0) is 57.7. The molecule has 82 heavy (non-hydrogen) atoms. The minimum atomic E-state index is -1.33. The average molecular weight is 1120 g/mol. The molecule has 0 atom stereocenters. The number of anilines is 4. The third-order valence-electron chi connectivity index (χ3n) is 12.9. The molecular formula is C57H44F4N10O11. The maximum absolute atomic E-state index is 15.1. The summed E-state index contributed by atoms with van der Waals surface area (Å²) in [5.41, 5.74) is 0.0581. The number of pyridine rings is 6. The maximum atomic E-state index is 15.1. The predicted octanol–water partition coefficient (Wildman–Crippen LogP) is 9.91. The Morgan fingerprint density at radius 3 is 1.35 bits per heavy atom. The van der Waals surface area contributed by atoms with Crippen molar-refractivity contribution in [3.8, 4) is 52.3 Å². The lowest BCUT2D eigenvalue weighted by atomic mass is 10.0. The summed E-state index contributed by atoms with van der Waals surface area (Å²) in [5, 5.41) is 29.7. The highest BCUT2D eigenvalue weighted by atomic mass is 19.1. The summed E-state index contributed by atoms with van der Waals surface area (Å²) in [4.78, 5) is 76.3. The normalized spacial score (nSPS) is 13.3. The molecule has 0 bridgehead atoms. The molecule has 0 saturated heterocycles. The van der Waals surface area contributed by atoms with Crippen LogP contribution in [0.15, 0.2) is 134 Å². The number of nitrogens with zero attached hydrogens (tertiary/aromatic N) is 6. The van der Waals surface area contributed by atoms with Gasteiger partial charge in [-0.25, -0.2) is 37.5 Å². The van der Waals surface area contributed by atoms with Gasteiger partial charge in [-0.3, -0.25) is 29.1 Å². The first kappa shape index (κ1) is 54.6. The van der Waals surface area contributed by atoms with Gasteiger partial charge in [0.2, 0.25) is 23.6 Å². The van der Waals surface area contributed by atoms with E-state index in [1.807, 2.05) is 0 Å². The number of aromatic hydroxyl groups is 2. The summed E-state index contributed by atoms with van der Waals surface area (Å²) >= 11 is 0. The van der Waals surface area contributed by atoms with Crippen molar-refractivity contribution in [2.24, 2.45) is 10.8 Å². The number of ether oxygens (including phenoxy) is 5. The van der Waals surface area contributed by atoms with Crippen molar-refractivity contribution in [2.45, 2.75) is 32.3 Å². The van der Waals surface area contributed by atoms with E-state index >= 15 is 4.39 Å². The van der Waals surface area contributed by atoms with Crippen LogP contribution in [-0.4, -0.2) is 78.0 Å². The average Bonchev–Trinajstić information content (AvgIpc) is 4.43. The van der Waals surface area contributed by atoms with Crippen molar-refractivity contribution in [2.75, 3.05) is 35.5 Å². The van der Waals surface area contributed by atoms with Crippen LogP contribution in [-0.2, 0) is 25.8 Å². The summed E-state index contributed by atoms with van der Waals surface area (Å²) in [5.74, 6) is -5.18. The Hall–Kier alpha value is -10.7. The Labute approximate surface area is 461 Å². The number of methoxy groups -OCH3 is 2.